The van der Waals surface area contributed by atoms with Crippen LogP contribution >= 0.6 is 0 Å². The molecule has 7 heteroatoms. The van der Waals surface area contributed by atoms with Gasteiger partial charge >= 0.3 is 5.63 Å². The smallest absolute Gasteiger partial charge is 0.344 e. The minimum atomic E-state index is -0.689. The summed E-state index contributed by atoms with van der Waals surface area (Å²) >= 11 is 0. The van der Waals surface area contributed by atoms with Crippen LogP contribution in [-0.2, 0) is 6.54 Å². The number of nitrogens with one attached hydrogen (secondary N) is 1. The summed E-state index contributed by atoms with van der Waals surface area (Å²) in [6.45, 7) is 0.379. The van der Waals surface area contributed by atoms with Crippen LogP contribution in [-0.4, -0.2) is 12.7 Å². The predicted octanol–water partition coefficient (Wildman–Crippen LogP) is 2.59. The van der Waals surface area contributed by atoms with Crippen LogP contribution in [0.25, 0.3) is 10.8 Å². The van der Waals surface area contributed by atoms with Gasteiger partial charge in [0, 0.05) is 6.54 Å². The summed E-state index contributed by atoms with van der Waals surface area (Å²) < 4.78 is 28.8. The first-order chi connectivity index (χ1) is 12.1. The van der Waals surface area contributed by atoms with Gasteiger partial charge in [0.2, 0.25) is 6.79 Å². The van der Waals surface area contributed by atoms with Crippen molar-refractivity contribution in [2.75, 3.05) is 6.79 Å². The van der Waals surface area contributed by atoms with Crippen LogP contribution in [0.1, 0.15) is 16.1 Å². The monoisotopic (exact) mass is 341 g/mol. The number of fused-ring (bicyclic) bond motifs is 2. The quantitative estimate of drug-likeness (QED) is 0.792. The third kappa shape index (κ3) is 2.91. The van der Waals surface area contributed by atoms with E-state index in [9.17, 15) is 14.0 Å². The summed E-state index contributed by atoms with van der Waals surface area (Å²) in [5.74, 6) is 0.0201. The van der Waals surface area contributed by atoms with Crippen molar-refractivity contribution in [3.63, 3.8) is 0 Å². The van der Waals surface area contributed by atoms with E-state index in [1.165, 1.54) is 24.3 Å². The molecule has 2 aromatic carbocycles. The van der Waals surface area contributed by atoms with Gasteiger partial charge in [-0.1, -0.05) is 6.07 Å². The number of rotatable bonds is 3. The molecule has 0 atom stereocenters. The molecule has 1 aliphatic rings. The van der Waals surface area contributed by atoms with E-state index in [0.717, 1.165) is 5.56 Å². The summed E-state index contributed by atoms with van der Waals surface area (Å²) in [7, 11) is 0. The molecule has 0 unspecified atom stereocenters. The van der Waals surface area contributed by atoms with Crippen molar-refractivity contribution in [3.8, 4) is 11.5 Å². The van der Waals surface area contributed by atoms with Gasteiger partial charge < -0.3 is 19.2 Å². The maximum Gasteiger partial charge on any atom is 0.344 e. The van der Waals surface area contributed by atoms with Crippen molar-refractivity contribution in [3.05, 3.63) is 70.0 Å². The van der Waals surface area contributed by atoms with Gasteiger partial charge in [0.25, 0.3) is 5.91 Å². The largest absolute Gasteiger partial charge is 0.454 e. The Balaban J connectivity index is 1.55. The Labute approximate surface area is 140 Å². The second kappa shape index (κ2) is 5.94. The van der Waals surface area contributed by atoms with Gasteiger partial charge in [-0.3, -0.25) is 4.79 Å². The SMILES string of the molecule is O=C(NCc1ccc2c(c1)OCO2)c1cc2cc(F)ccc2c(=O)o1. The molecule has 1 amide bonds. The van der Waals surface area contributed by atoms with Gasteiger partial charge in [0.05, 0.1) is 5.39 Å². The highest BCUT2D eigenvalue weighted by Crippen LogP contribution is 2.32. The van der Waals surface area contributed by atoms with E-state index in [4.69, 9.17) is 13.9 Å². The van der Waals surface area contributed by atoms with Crippen LogP contribution in [0.3, 0.4) is 0 Å². The first kappa shape index (κ1) is 15.2. The number of hydrogen-bond acceptors (Lipinski definition) is 5. The topological polar surface area (TPSA) is 77.8 Å². The van der Waals surface area contributed by atoms with Gasteiger partial charge in [-0.05, 0) is 47.3 Å². The molecule has 4 rings (SSSR count). The minimum absolute atomic E-state index is 0.171. The Morgan fingerprint density at radius 1 is 1.08 bits per heavy atom. The van der Waals surface area contributed by atoms with Crippen molar-refractivity contribution >= 4 is 16.7 Å². The van der Waals surface area contributed by atoms with Crippen LogP contribution in [0.15, 0.2) is 51.7 Å². The molecule has 0 saturated carbocycles. The third-order valence-electron chi connectivity index (χ3n) is 3.84. The molecule has 126 valence electrons. The molecule has 0 bridgehead atoms. The lowest BCUT2D eigenvalue weighted by atomic mass is 10.1. The van der Waals surface area contributed by atoms with Crippen molar-refractivity contribution in [2.24, 2.45) is 0 Å². The van der Waals surface area contributed by atoms with E-state index >= 15 is 0 Å². The highest BCUT2D eigenvalue weighted by atomic mass is 19.1. The molecule has 0 fully saturated rings. The van der Waals surface area contributed by atoms with Crippen molar-refractivity contribution in [1.29, 1.82) is 0 Å². The maximum absolute atomic E-state index is 13.3. The minimum Gasteiger partial charge on any atom is -0.454 e. The zero-order valence-electron chi connectivity index (χ0n) is 12.9. The highest BCUT2D eigenvalue weighted by Gasteiger charge is 2.15. The highest BCUT2D eigenvalue weighted by molar-refractivity contribution is 5.95. The van der Waals surface area contributed by atoms with E-state index in [1.807, 2.05) is 0 Å². The zero-order valence-corrected chi connectivity index (χ0v) is 12.9. The average molecular weight is 341 g/mol. The number of halogens is 1. The van der Waals surface area contributed by atoms with E-state index in [1.54, 1.807) is 18.2 Å². The average Bonchev–Trinajstić information content (AvgIpc) is 3.06. The molecule has 0 aliphatic carbocycles. The standard InChI is InChI=1S/C18H12FNO5/c19-12-2-3-13-11(6-12)7-16(25-18(13)22)17(21)20-8-10-1-4-14-15(5-10)24-9-23-14/h1-7H,8-9H2,(H,20,21). The Hall–Kier alpha value is -3.35. The molecule has 1 aromatic heterocycles. The number of hydrogen-bond donors (Lipinski definition) is 1. The van der Waals surface area contributed by atoms with Crippen LogP contribution in [0.5, 0.6) is 11.5 Å². The third-order valence-corrected chi connectivity index (χ3v) is 3.84. The Morgan fingerprint density at radius 3 is 2.80 bits per heavy atom. The number of amides is 1. The summed E-state index contributed by atoms with van der Waals surface area (Å²) in [4.78, 5) is 24.2. The molecular weight excluding hydrogens is 329 g/mol. The molecule has 0 spiro atoms. The van der Waals surface area contributed by atoms with E-state index in [2.05, 4.69) is 5.32 Å². The van der Waals surface area contributed by atoms with E-state index in [-0.39, 0.29) is 24.5 Å². The van der Waals surface area contributed by atoms with Crippen molar-refractivity contribution in [2.45, 2.75) is 6.54 Å². The molecule has 0 saturated heterocycles. The normalized spacial score (nSPS) is 12.4. The fourth-order valence-electron chi connectivity index (χ4n) is 2.60. The Morgan fingerprint density at radius 2 is 1.92 bits per heavy atom. The Kier molecular flexibility index (Phi) is 3.61. The van der Waals surface area contributed by atoms with Gasteiger partial charge in [-0.15, -0.1) is 0 Å². The summed E-state index contributed by atoms with van der Waals surface area (Å²) in [6, 6.07) is 10.3. The molecule has 25 heavy (non-hydrogen) atoms. The van der Waals surface area contributed by atoms with Gasteiger partial charge in [-0.2, -0.15) is 0 Å². The van der Waals surface area contributed by atoms with Crippen LogP contribution in [0.2, 0.25) is 0 Å². The molecular formula is C18H12FNO5. The van der Waals surface area contributed by atoms with Gasteiger partial charge in [0.1, 0.15) is 5.82 Å². The lowest BCUT2D eigenvalue weighted by molar-refractivity contribution is 0.0919. The lowest BCUT2D eigenvalue weighted by Crippen LogP contribution is -2.24. The van der Waals surface area contributed by atoms with Gasteiger partial charge in [-0.25, -0.2) is 9.18 Å². The van der Waals surface area contributed by atoms with Crippen molar-refractivity contribution in [1.82, 2.24) is 5.32 Å². The molecule has 3 aromatic rings. The van der Waals surface area contributed by atoms with Crippen molar-refractivity contribution < 1.29 is 23.1 Å². The molecule has 1 aliphatic heterocycles. The number of benzene rings is 2. The molecule has 1 N–H and O–H groups in total. The maximum atomic E-state index is 13.3. The van der Waals surface area contributed by atoms with Gasteiger partial charge in [0.15, 0.2) is 17.3 Å². The fourth-order valence-corrected chi connectivity index (χ4v) is 2.60. The predicted molar refractivity (Wildman–Crippen MR) is 86.2 cm³/mol. The first-order valence-corrected chi connectivity index (χ1v) is 7.50. The number of ether oxygens (including phenoxy) is 2. The first-order valence-electron chi connectivity index (χ1n) is 7.50. The molecule has 2 heterocycles. The molecule has 0 radical (unpaired) electrons. The number of carbonyl (C=O) groups excluding carboxylic acids is 1. The lowest BCUT2D eigenvalue weighted by Gasteiger charge is -2.06. The van der Waals surface area contributed by atoms with Crippen LogP contribution in [0, 0.1) is 5.82 Å². The number of carbonyl (C=O) groups is 1. The summed E-state index contributed by atoms with van der Waals surface area (Å²) in [5, 5.41) is 3.18. The molecule has 6 nitrogen and oxygen atoms in total. The summed E-state index contributed by atoms with van der Waals surface area (Å²) in [6.07, 6.45) is 0. The summed E-state index contributed by atoms with van der Waals surface area (Å²) in [5.41, 5.74) is 0.109. The second-order valence-corrected chi connectivity index (χ2v) is 5.50. The van der Waals surface area contributed by atoms with Crippen LogP contribution < -0.4 is 20.4 Å². The zero-order chi connectivity index (χ0) is 17.4. The van der Waals surface area contributed by atoms with Crippen LogP contribution in [0.4, 0.5) is 4.39 Å². The Bertz CT molecular complexity index is 1040. The van der Waals surface area contributed by atoms with E-state index < -0.39 is 17.3 Å². The van der Waals surface area contributed by atoms with E-state index in [0.29, 0.717) is 16.9 Å². The second-order valence-electron chi connectivity index (χ2n) is 5.50. The fraction of sp³-hybridized carbons (Fsp3) is 0.111.